The van der Waals surface area contributed by atoms with Gasteiger partial charge in [0.05, 0.1) is 0 Å². The summed E-state index contributed by atoms with van der Waals surface area (Å²) in [5, 5.41) is 8.69. The van der Waals surface area contributed by atoms with Crippen LogP contribution in [-0.4, -0.2) is 36.9 Å². The quantitative estimate of drug-likeness (QED) is 0.707. The number of hydrogen-bond donors (Lipinski definition) is 3. The van der Waals surface area contributed by atoms with Crippen LogP contribution in [0.2, 0.25) is 0 Å². The summed E-state index contributed by atoms with van der Waals surface area (Å²) in [6.07, 6.45) is 4.45. The second-order valence-corrected chi connectivity index (χ2v) is 7.19. The Bertz CT molecular complexity index is 450. The maximum atomic E-state index is 12.3. The highest BCUT2D eigenvalue weighted by atomic mass is 16.2. The number of nitrogens with one attached hydrogen (secondary N) is 3. The van der Waals surface area contributed by atoms with Gasteiger partial charge in [-0.05, 0) is 37.5 Å². The van der Waals surface area contributed by atoms with Crippen molar-refractivity contribution in [3.63, 3.8) is 0 Å². The van der Waals surface area contributed by atoms with E-state index in [1.54, 1.807) is 0 Å². The molecule has 2 heterocycles. The second-order valence-electron chi connectivity index (χ2n) is 7.19. The fourth-order valence-corrected chi connectivity index (χ4v) is 3.52. The molecular formula is C17H29N3O3. The van der Waals surface area contributed by atoms with E-state index in [9.17, 15) is 14.4 Å². The third-order valence-corrected chi connectivity index (χ3v) is 4.79. The van der Waals surface area contributed by atoms with Crippen molar-refractivity contribution in [1.82, 2.24) is 16.0 Å². The van der Waals surface area contributed by atoms with Crippen LogP contribution in [0.5, 0.6) is 0 Å². The van der Waals surface area contributed by atoms with Crippen molar-refractivity contribution in [3.8, 4) is 0 Å². The minimum absolute atomic E-state index is 0.0109. The highest BCUT2D eigenvalue weighted by Gasteiger charge is 2.34. The van der Waals surface area contributed by atoms with Gasteiger partial charge in [0.25, 0.3) is 0 Å². The SMILES string of the molecule is CC(C)CC1NC(=O)CCCCC2CNC(=O)C2CCNC1=O. The molecule has 3 unspecified atom stereocenters. The molecule has 130 valence electrons. The first kappa shape index (κ1) is 17.8. The fourth-order valence-electron chi connectivity index (χ4n) is 3.52. The van der Waals surface area contributed by atoms with Gasteiger partial charge in [-0.25, -0.2) is 0 Å². The maximum Gasteiger partial charge on any atom is 0.242 e. The lowest BCUT2D eigenvalue weighted by Crippen LogP contribution is -2.47. The molecule has 2 rings (SSSR count). The molecule has 3 amide bonds. The van der Waals surface area contributed by atoms with Crippen LogP contribution in [-0.2, 0) is 14.4 Å². The monoisotopic (exact) mass is 323 g/mol. The summed E-state index contributed by atoms with van der Waals surface area (Å²) in [4.78, 5) is 36.3. The Labute approximate surface area is 138 Å². The third-order valence-electron chi connectivity index (χ3n) is 4.79. The molecule has 2 saturated heterocycles. The predicted octanol–water partition coefficient (Wildman–Crippen LogP) is 0.960. The van der Waals surface area contributed by atoms with Gasteiger partial charge in [-0.1, -0.05) is 20.3 Å². The van der Waals surface area contributed by atoms with Gasteiger partial charge in [0, 0.05) is 25.4 Å². The molecule has 6 nitrogen and oxygen atoms in total. The summed E-state index contributed by atoms with van der Waals surface area (Å²) in [5.41, 5.74) is 0. The topological polar surface area (TPSA) is 87.3 Å². The number of fused-ring (bicyclic) bond motifs is 1. The van der Waals surface area contributed by atoms with Gasteiger partial charge in [-0.3, -0.25) is 14.4 Å². The van der Waals surface area contributed by atoms with Gasteiger partial charge in [0.2, 0.25) is 17.7 Å². The summed E-state index contributed by atoms with van der Waals surface area (Å²) in [6.45, 7) is 5.28. The number of amides is 3. The van der Waals surface area contributed by atoms with Crippen LogP contribution in [0.1, 0.15) is 52.4 Å². The zero-order valence-corrected chi connectivity index (χ0v) is 14.2. The van der Waals surface area contributed by atoms with Gasteiger partial charge >= 0.3 is 0 Å². The molecule has 23 heavy (non-hydrogen) atoms. The molecule has 0 aromatic rings. The van der Waals surface area contributed by atoms with E-state index in [4.69, 9.17) is 0 Å². The van der Waals surface area contributed by atoms with Crippen LogP contribution in [0.25, 0.3) is 0 Å². The van der Waals surface area contributed by atoms with Gasteiger partial charge in [0.1, 0.15) is 6.04 Å². The van der Waals surface area contributed by atoms with Gasteiger partial charge in [-0.2, -0.15) is 0 Å². The Morgan fingerprint density at radius 1 is 1.04 bits per heavy atom. The zero-order chi connectivity index (χ0) is 16.8. The molecule has 2 fully saturated rings. The van der Waals surface area contributed by atoms with Crippen molar-refractivity contribution in [3.05, 3.63) is 0 Å². The van der Waals surface area contributed by atoms with Crippen molar-refractivity contribution >= 4 is 17.7 Å². The lowest BCUT2D eigenvalue weighted by molar-refractivity contribution is -0.129. The van der Waals surface area contributed by atoms with E-state index < -0.39 is 6.04 Å². The molecule has 2 aliphatic heterocycles. The zero-order valence-electron chi connectivity index (χ0n) is 14.2. The molecule has 6 heteroatoms. The summed E-state index contributed by atoms with van der Waals surface area (Å²) in [5.74, 6) is 0.556. The Morgan fingerprint density at radius 2 is 1.83 bits per heavy atom. The second kappa shape index (κ2) is 8.31. The van der Waals surface area contributed by atoms with Crippen LogP contribution in [0.3, 0.4) is 0 Å². The molecule has 3 atom stereocenters. The summed E-state index contributed by atoms with van der Waals surface area (Å²) >= 11 is 0. The van der Waals surface area contributed by atoms with E-state index in [1.807, 2.05) is 13.8 Å². The van der Waals surface area contributed by atoms with E-state index in [0.717, 1.165) is 25.8 Å². The van der Waals surface area contributed by atoms with Crippen molar-refractivity contribution in [1.29, 1.82) is 0 Å². The molecule has 3 N–H and O–H groups in total. The molecule has 0 saturated carbocycles. The van der Waals surface area contributed by atoms with Crippen molar-refractivity contribution < 1.29 is 14.4 Å². The van der Waals surface area contributed by atoms with Crippen LogP contribution in [0, 0.1) is 17.8 Å². The van der Waals surface area contributed by atoms with E-state index in [-0.39, 0.29) is 23.6 Å². The lowest BCUT2D eigenvalue weighted by Gasteiger charge is -2.20. The van der Waals surface area contributed by atoms with E-state index in [2.05, 4.69) is 16.0 Å². The molecule has 0 aromatic carbocycles. The molecule has 0 radical (unpaired) electrons. The number of hydrogen-bond acceptors (Lipinski definition) is 3. The van der Waals surface area contributed by atoms with E-state index >= 15 is 0 Å². The highest BCUT2D eigenvalue weighted by molar-refractivity contribution is 5.87. The fraction of sp³-hybridized carbons (Fsp3) is 0.824. The molecule has 0 spiro atoms. The first-order valence-corrected chi connectivity index (χ1v) is 8.82. The first-order chi connectivity index (χ1) is 11.0. The van der Waals surface area contributed by atoms with Crippen LogP contribution in [0.15, 0.2) is 0 Å². The Morgan fingerprint density at radius 3 is 2.57 bits per heavy atom. The first-order valence-electron chi connectivity index (χ1n) is 8.82. The summed E-state index contributed by atoms with van der Waals surface area (Å²) in [6, 6.07) is -0.476. The molecule has 2 aliphatic rings. The third kappa shape index (κ3) is 5.22. The predicted molar refractivity (Wildman–Crippen MR) is 87.5 cm³/mol. The molecular weight excluding hydrogens is 294 g/mol. The van der Waals surface area contributed by atoms with E-state index in [0.29, 0.717) is 37.6 Å². The summed E-state index contributed by atoms with van der Waals surface area (Å²) in [7, 11) is 0. The van der Waals surface area contributed by atoms with Gasteiger partial charge in [0.15, 0.2) is 0 Å². The van der Waals surface area contributed by atoms with Crippen LogP contribution >= 0.6 is 0 Å². The van der Waals surface area contributed by atoms with E-state index in [1.165, 1.54) is 0 Å². The van der Waals surface area contributed by atoms with Gasteiger partial charge in [-0.15, -0.1) is 0 Å². The molecule has 0 bridgehead atoms. The average Bonchev–Trinajstić information content (AvgIpc) is 2.83. The van der Waals surface area contributed by atoms with Gasteiger partial charge < -0.3 is 16.0 Å². The molecule has 0 aliphatic carbocycles. The standard InChI is InChI=1S/C17H29N3O3/c1-11(2)9-14-17(23)18-8-7-13-12(10-19-16(13)22)5-3-4-6-15(21)20-14/h11-14H,3-10H2,1-2H3,(H,18,23)(H,19,22)(H,20,21). The Kier molecular flexibility index (Phi) is 6.42. The number of rotatable bonds is 2. The Balaban J connectivity index is 2.02. The molecule has 0 aromatic heterocycles. The van der Waals surface area contributed by atoms with Crippen LogP contribution < -0.4 is 16.0 Å². The van der Waals surface area contributed by atoms with Crippen molar-refractivity contribution in [2.45, 2.75) is 58.4 Å². The Hall–Kier alpha value is -1.59. The van der Waals surface area contributed by atoms with Crippen molar-refractivity contribution in [2.75, 3.05) is 13.1 Å². The largest absolute Gasteiger partial charge is 0.356 e. The minimum Gasteiger partial charge on any atom is -0.356 e. The number of carbonyl (C=O) groups excluding carboxylic acids is 3. The lowest BCUT2D eigenvalue weighted by atomic mass is 9.88. The van der Waals surface area contributed by atoms with Crippen molar-refractivity contribution in [2.24, 2.45) is 17.8 Å². The normalized spacial score (nSPS) is 30.4. The maximum absolute atomic E-state index is 12.3. The number of carbonyl (C=O) groups is 3. The smallest absolute Gasteiger partial charge is 0.242 e. The summed E-state index contributed by atoms with van der Waals surface area (Å²) < 4.78 is 0. The average molecular weight is 323 g/mol. The highest BCUT2D eigenvalue weighted by Crippen LogP contribution is 2.26. The van der Waals surface area contributed by atoms with Crippen LogP contribution in [0.4, 0.5) is 0 Å². The minimum atomic E-state index is -0.476.